The molecule has 2 N–H and O–H groups in total. The zero-order valence-electron chi connectivity index (χ0n) is 13.4. The molecule has 0 saturated heterocycles. The predicted octanol–water partition coefficient (Wildman–Crippen LogP) is 4.24. The number of para-hydroxylation sites is 1. The summed E-state index contributed by atoms with van der Waals surface area (Å²) in [5.41, 5.74) is 9.76. The van der Waals surface area contributed by atoms with Gasteiger partial charge < -0.3 is 10.5 Å². The van der Waals surface area contributed by atoms with Crippen LogP contribution in [0.5, 0.6) is 5.75 Å². The van der Waals surface area contributed by atoms with Crippen molar-refractivity contribution in [2.45, 2.75) is 38.6 Å². The van der Waals surface area contributed by atoms with Crippen LogP contribution in [0.25, 0.3) is 0 Å². The average Bonchev–Trinajstić information content (AvgIpc) is 2.47. The summed E-state index contributed by atoms with van der Waals surface area (Å²) in [5, 5.41) is 0. The molecule has 0 saturated carbocycles. The summed E-state index contributed by atoms with van der Waals surface area (Å²) in [6, 6.07) is 16.7. The minimum absolute atomic E-state index is 0.452. The number of methoxy groups -OCH3 is 1. The van der Waals surface area contributed by atoms with Crippen molar-refractivity contribution in [2.75, 3.05) is 7.11 Å². The second kappa shape index (κ2) is 6.31. The largest absolute Gasteiger partial charge is 0.496 e. The van der Waals surface area contributed by atoms with E-state index in [0.717, 1.165) is 17.7 Å². The maximum Gasteiger partial charge on any atom is 0.123 e. The smallest absolute Gasteiger partial charge is 0.123 e. The first-order valence-electron chi connectivity index (χ1n) is 7.45. The van der Waals surface area contributed by atoms with Crippen LogP contribution in [-0.4, -0.2) is 7.11 Å². The van der Waals surface area contributed by atoms with Crippen LogP contribution < -0.4 is 10.5 Å². The molecule has 2 aromatic carbocycles. The number of hydrogen-bond donors (Lipinski definition) is 1. The molecule has 2 rings (SSSR count). The highest BCUT2D eigenvalue weighted by molar-refractivity contribution is 5.40. The highest BCUT2D eigenvalue weighted by Crippen LogP contribution is 2.30. The van der Waals surface area contributed by atoms with Crippen molar-refractivity contribution in [2.24, 2.45) is 5.73 Å². The summed E-state index contributed by atoms with van der Waals surface area (Å²) in [5.74, 6) is 1.40. The molecule has 0 fully saturated rings. The van der Waals surface area contributed by atoms with Gasteiger partial charge in [0.25, 0.3) is 0 Å². The Morgan fingerprint density at radius 2 is 1.67 bits per heavy atom. The number of benzene rings is 2. The van der Waals surface area contributed by atoms with E-state index in [2.05, 4.69) is 45.0 Å². The Morgan fingerprint density at radius 3 is 2.24 bits per heavy atom. The quantitative estimate of drug-likeness (QED) is 0.891. The number of rotatable bonds is 5. The van der Waals surface area contributed by atoms with Gasteiger partial charge in [-0.15, -0.1) is 0 Å². The summed E-state index contributed by atoms with van der Waals surface area (Å²) in [7, 11) is 1.69. The van der Waals surface area contributed by atoms with Gasteiger partial charge in [-0.25, -0.2) is 0 Å². The second-order valence-corrected chi connectivity index (χ2v) is 6.19. The van der Waals surface area contributed by atoms with Crippen LogP contribution in [0, 0.1) is 0 Å². The van der Waals surface area contributed by atoms with Gasteiger partial charge in [0.05, 0.1) is 7.11 Å². The van der Waals surface area contributed by atoms with Crippen LogP contribution in [0.3, 0.4) is 0 Å². The Bertz CT molecular complexity index is 585. The van der Waals surface area contributed by atoms with Gasteiger partial charge in [-0.1, -0.05) is 56.3 Å². The van der Waals surface area contributed by atoms with Crippen LogP contribution >= 0.6 is 0 Å². The van der Waals surface area contributed by atoms with Crippen LogP contribution in [0.2, 0.25) is 0 Å². The van der Waals surface area contributed by atoms with Gasteiger partial charge in [0, 0.05) is 11.1 Å². The fraction of sp³-hybridized carbons (Fsp3) is 0.368. The third-order valence-corrected chi connectivity index (χ3v) is 3.94. The lowest BCUT2D eigenvalue weighted by Gasteiger charge is -2.27. The minimum Gasteiger partial charge on any atom is -0.496 e. The minimum atomic E-state index is -0.452. The Hall–Kier alpha value is -1.80. The van der Waals surface area contributed by atoms with E-state index in [-0.39, 0.29) is 0 Å². The molecule has 0 aliphatic heterocycles. The van der Waals surface area contributed by atoms with Gasteiger partial charge in [0.15, 0.2) is 0 Å². The van der Waals surface area contributed by atoms with E-state index < -0.39 is 5.54 Å². The lowest BCUT2D eigenvalue weighted by Crippen LogP contribution is -2.35. The topological polar surface area (TPSA) is 35.2 Å². The van der Waals surface area contributed by atoms with Gasteiger partial charge in [-0.2, -0.15) is 0 Å². The van der Waals surface area contributed by atoms with Gasteiger partial charge in [0.2, 0.25) is 0 Å². The van der Waals surface area contributed by atoms with Crippen molar-refractivity contribution in [1.82, 2.24) is 0 Å². The Kier molecular flexibility index (Phi) is 4.69. The number of ether oxygens (including phenoxy) is 1. The summed E-state index contributed by atoms with van der Waals surface area (Å²) < 4.78 is 5.44. The van der Waals surface area contributed by atoms with Crippen LogP contribution in [0.4, 0.5) is 0 Å². The lowest BCUT2D eigenvalue weighted by atomic mass is 9.85. The van der Waals surface area contributed by atoms with Crippen LogP contribution in [0.1, 0.15) is 43.4 Å². The molecule has 0 aromatic heterocycles. The molecule has 1 unspecified atom stereocenters. The molecule has 2 heteroatoms. The number of hydrogen-bond acceptors (Lipinski definition) is 2. The van der Waals surface area contributed by atoms with Crippen LogP contribution in [0.15, 0.2) is 48.5 Å². The SMILES string of the molecule is COc1ccccc1C(C)(N)Cc1ccc(C(C)C)cc1. The molecule has 2 nitrogen and oxygen atoms in total. The highest BCUT2D eigenvalue weighted by atomic mass is 16.5. The molecule has 0 radical (unpaired) electrons. The van der Waals surface area contributed by atoms with E-state index in [0.29, 0.717) is 5.92 Å². The molecule has 2 aromatic rings. The third kappa shape index (κ3) is 3.64. The van der Waals surface area contributed by atoms with Crippen molar-refractivity contribution in [3.05, 3.63) is 65.2 Å². The fourth-order valence-corrected chi connectivity index (χ4v) is 2.66. The molecule has 1 atom stereocenters. The van der Waals surface area contributed by atoms with E-state index in [1.54, 1.807) is 7.11 Å². The molecule has 0 bridgehead atoms. The van der Waals surface area contributed by atoms with E-state index in [9.17, 15) is 0 Å². The first-order valence-corrected chi connectivity index (χ1v) is 7.45. The average molecular weight is 283 g/mol. The second-order valence-electron chi connectivity index (χ2n) is 6.19. The first kappa shape index (κ1) is 15.6. The molecule has 0 aliphatic carbocycles. The molecule has 21 heavy (non-hydrogen) atoms. The highest BCUT2D eigenvalue weighted by Gasteiger charge is 2.25. The monoisotopic (exact) mass is 283 g/mol. The zero-order chi connectivity index (χ0) is 15.5. The predicted molar refractivity (Wildman–Crippen MR) is 88.8 cm³/mol. The lowest BCUT2D eigenvalue weighted by molar-refractivity contribution is 0.386. The maximum absolute atomic E-state index is 6.56. The van der Waals surface area contributed by atoms with Crippen molar-refractivity contribution in [3.63, 3.8) is 0 Å². The Balaban J connectivity index is 2.24. The van der Waals surface area contributed by atoms with Gasteiger partial charge >= 0.3 is 0 Å². The molecule has 0 aliphatic rings. The normalized spacial score (nSPS) is 14.0. The standard InChI is InChI=1S/C19H25NO/c1-14(2)16-11-9-15(10-12-16)13-19(3,20)17-7-5-6-8-18(17)21-4/h5-12,14H,13,20H2,1-4H3. The molecule has 0 spiro atoms. The molecular weight excluding hydrogens is 258 g/mol. The van der Waals surface area contributed by atoms with Crippen molar-refractivity contribution in [1.29, 1.82) is 0 Å². The van der Waals surface area contributed by atoms with Crippen molar-refractivity contribution in [3.8, 4) is 5.75 Å². The fourth-order valence-electron chi connectivity index (χ4n) is 2.66. The molecule has 0 heterocycles. The number of nitrogens with two attached hydrogens (primary N) is 1. The van der Waals surface area contributed by atoms with E-state index >= 15 is 0 Å². The van der Waals surface area contributed by atoms with E-state index in [1.807, 2.05) is 24.3 Å². The summed E-state index contributed by atoms with van der Waals surface area (Å²) in [6.45, 7) is 6.47. The van der Waals surface area contributed by atoms with Crippen LogP contribution in [-0.2, 0) is 12.0 Å². The van der Waals surface area contributed by atoms with Gasteiger partial charge in [-0.05, 0) is 36.5 Å². The zero-order valence-corrected chi connectivity index (χ0v) is 13.4. The summed E-state index contributed by atoms with van der Waals surface area (Å²) in [6.07, 6.45) is 0.783. The van der Waals surface area contributed by atoms with Gasteiger partial charge in [-0.3, -0.25) is 0 Å². The van der Waals surface area contributed by atoms with Gasteiger partial charge in [0.1, 0.15) is 5.75 Å². The molecular formula is C19H25NO. The van der Waals surface area contributed by atoms with E-state index in [4.69, 9.17) is 10.5 Å². The van der Waals surface area contributed by atoms with E-state index in [1.165, 1.54) is 11.1 Å². The molecule has 0 amide bonds. The molecule has 112 valence electrons. The summed E-state index contributed by atoms with van der Waals surface area (Å²) >= 11 is 0. The van der Waals surface area contributed by atoms with Crippen molar-refractivity contribution >= 4 is 0 Å². The third-order valence-electron chi connectivity index (χ3n) is 3.94. The Labute approximate surface area is 127 Å². The Morgan fingerprint density at radius 1 is 1.05 bits per heavy atom. The first-order chi connectivity index (χ1) is 9.94. The van der Waals surface area contributed by atoms with Crippen molar-refractivity contribution < 1.29 is 4.74 Å². The maximum atomic E-state index is 6.56. The summed E-state index contributed by atoms with van der Waals surface area (Å²) in [4.78, 5) is 0.